The average molecular weight is 223 g/mol. The lowest BCUT2D eigenvalue weighted by Gasteiger charge is -2.11. The van der Waals surface area contributed by atoms with Gasteiger partial charge in [-0.1, -0.05) is 17.7 Å². The van der Waals surface area contributed by atoms with Gasteiger partial charge in [-0.15, -0.1) is 23.2 Å². The van der Waals surface area contributed by atoms with Crippen molar-refractivity contribution in [1.29, 1.82) is 0 Å². The maximum absolute atomic E-state index is 5.70. The summed E-state index contributed by atoms with van der Waals surface area (Å²) in [5.74, 6) is 0. The summed E-state index contributed by atoms with van der Waals surface area (Å²) in [5.41, 5.74) is 1.66. The third kappa shape index (κ3) is 4.54. The van der Waals surface area contributed by atoms with Crippen LogP contribution in [0.1, 0.15) is 32.1 Å². The smallest absolute Gasteiger partial charge is 0.0908 e. The van der Waals surface area contributed by atoms with Crippen LogP contribution in [-0.2, 0) is 0 Å². The molecule has 3 heteroatoms. The predicted octanol–water partition coefficient (Wildman–Crippen LogP) is 3.23. The number of hydrogen-bond donors (Lipinski definition) is 0. The molecule has 1 rings (SSSR count). The minimum atomic E-state index is -0.209. The van der Waals surface area contributed by atoms with Crippen LogP contribution in [0.25, 0.3) is 0 Å². The van der Waals surface area contributed by atoms with E-state index in [1.807, 2.05) is 0 Å². The monoisotopic (exact) mass is 222 g/mol. The summed E-state index contributed by atoms with van der Waals surface area (Å²) in [5, 5.41) is 0. The zero-order valence-corrected chi connectivity index (χ0v) is 10.3. The Kier molecular flexibility index (Phi) is 5.36. The largest absolute Gasteiger partial charge is 0.110 e. The molecule has 1 aliphatic rings. The number of halogens is 2. The van der Waals surface area contributed by atoms with Gasteiger partial charge in [0.25, 0.3) is 0 Å². The summed E-state index contributed by atoms with van der Waals surface area (Å²) in [7, 11) is -0.209. The van der Waals surface area contributed by atoms with Gasteiger partial charge in [0.15, 0.2) is 0 Å². The molecule has 0 N–H and O–H groups in total. The average Bonchev–Trinajstić information content (AvgIpc) is 2.05. The van der Waals surface area contributed by atoms with E-state index in [4.69, 9.17) is 23.2 Å². The molecule has 1 aliphatic carbocycles. The number of rotatable bonds is 4. The van der Waals surface area contributed by atoms with E-state index < -0.39 is 0 Å². The van der Waals surface area contributed by atoms with Gasteiger partial charge in [-0.25, -0.2) is 0 Å². The molecule has 0 spiro atoms. The third-order valence-electron chi connectivity index (χ3n) is 2.31. The molecule has 0 bridgehead atoms. The summed E-state index contributed by atoms with van der Waals surface area (Å²) in [6.07, 6.45) is 9.07. The standard InChI is InChI=1S/C9H16Cl2Si/c10-9(11)12-7-6-8-4-2-1-3-5-8/h4,9H,1-3,5-7,12H2. The van der Waals surface area contributed by atoms with E-state index in [2.05, 4.69) is 6.08 Å². The second-order valence-corrected chi connectivity index (χ2v) is 7.80. The zero-order valence-electron chi connectivity index (χ0n) is 7.36. The van der Waals surface area contributed by atoms with Gasteiger partial charge >= 0.3 is 0 Å². The first-order valence-corrected chi connectivity index (χ1v) is 7.44. The van der Waals surface area contributed by atoms with Crippen LogP contribution in [0.2, 0.25) is 6.04 Å². The Hall–Kier alpha value is 0.537. The molecule has 0 aromatic carbocycles. The topological polar surface area (TPSA) is 0 Å². The molecule has 0 saturated heterocycles. The first-order valence-electron chi connectivity index (χ1n) is 4.75. The van der Waals surface area contributed by atoms with Crippen molar-refractivity contribution < 1.29 is 0 Å². The van der Waals surface area contributed by atoms with Gasteiger partial charge in [0.05, 0.1) is 14.0 Å². The van der Waals surface area contributed by atoms with Crippen LogP contribution in [0.15, 0.2) is 11.6 Å². The van der Waals surface area contributed by atoms with E-state index in [9.17, 15) is 0 Å². The molecule has 0 unspecified atom stereocenters. The summed E-state index contributed by atoms with van der Waals surface area (Å²) in [6, 6.07) is 1.28. The van der Waals surface area contributed by atoms with Crippen molar-refractivity contribution in [3.8, 4) is 0 Å². The Balaban J connectivity index is 2.09. The SMILES string of the molecule is ClC(Cl)[SiH2]CCC1=CCCCC1. The third-order valence-corrected chi connectivity index (χ3v) is 4.81. The Bertz CT molecular complexity index is 155. The van der Waals surface area contributed by atoms with E-state index in [1.165, 1.54) is 38.1 Å². The molecule has 0 atom stereocenters. The van der Waals surface area contributed by atoms with E-state index in [0.29, 0.717) is 0 Å². The second kappa shape index (κ2) is 6.06. The second-order valence-electron chi connectivity index (χ2n) is 3.39. The first kappa shape index (κ1) is 10.6. The summed E-state index contributed by atoms with van der Waals surface area (Å²) < 4.78 is -0.0332. The lowest BCUT2D eigenvalue weighted by Crippen LogP contribution is -2.02. The normalized spacial score (nSPS) is 19.1. The van der Waals surface area contributed by atoms with Gasteiger partial charge in [-0.2, -0.15) is 0 Å². The van der Waals surface area contributed by atoms with Crippen LogP contribution in [0.4, 0.5) is 0 Å². The van der Waals surface area contributed by atoms with Gasteiger partial charge < -0.3 is 0 Å². The Labute approximate surface area is 87.1 Å². The maximum Gasteiger partial charge on any atom is 0.0908 e. The molecule has 0 aromatic rings. The van der Waals surface area contributed by atoms with E-state index in [-0.39, 0.29) is 14.0 Å². The maximum atomic E-state index is 5.70. The van der Waals surface area contributed by atoms with Gasteiger partial charge in [0, 0.05) is 0 Å². The fraction of sp³-hybridized carbons (Fsp3) is 0.778. The lowest BCUT2D eigenvalue weighted by molar-refractivity contribution is 0.684. The highest BCUT2D eigenvalue weighted by atomic mass is 35.5. The molecule has 0 radical (unpaired) electrons. The van der Waals surface area contributed by atoms with E-state index in [1.54, 1.807) is 5.57 Å². The van der Waals surface area contributed by atoms with Crippen LogP contribution < -0.4 is 0 Å². The van der Waals surface area contributed by atoms with Crippen molar-refractivity contribution in [2.75, 3.05) is 0 Å². The van der Waals surface area contributed by atoms with Crippen LogP contribution in [-0.4, -0.2) is 14.0 Å². The van der Waals surface area contributed by atoms with Gasteiger partial charge in [-0.05, 0) is 32.1 Å². The molecular formula is C9H16Cl2Si. The molecule has 0 fully saturated rings. The highest BCUT2D eigenvalue weighted by Crippen LogP contribution is 2.21. The summed E-state index contributed by atoms with van der Waals surface area (Å²) in [4.78, 5) is 0. The van der Waals surface area contributed by atoms with Crippen LogP contribution in [0.5, 0.6) is 0 Å². The lowest BCUT2D eigenvalue weighted by atomic mass is 9.98. The molecule has 0 saturated carbocycles. The first-order chi connectivity index (χ1) is 5.79. The van der Waals surface area contributed by atoms with Crippen molar-refractivity contribution in [3.05, 3.63) is 11.6 Å². The molecule has 70 valence electrons. The molecule has 12 heavy (non-hydrogen) atoms. The summed E-state index contributed by atoms with van der Waals surface area (Å²) in [6.45, 7) is 0. The molecule has 0 aromatic heterocycles. The van der Waals surface area contributed by atoms with Crippen LogP contribution in [0, 0.1) is 0 Å². The molecular weight excluding hydrogens is 207 g/mol. The zero-order chi connectivity index (χ0) is 8.81. The highest BCUT2D eigenvalue weighted by Gasteiger charge is 2.05. The van der Waals surface area contributed by atoms with E-state index in [0.717, 1.165) is 0 Å². The highest BCUT2D eigenvalue weighted by molar-refractivity contribution is 6.68. The van der Waals surface area contributed by atoms with Crippen molar-refractivity contribution in [3.63, 3.8) is 0 Å². The van der Waals surface area contributed by atoms with Crippen molar-refractivity contribution in [2.45, 2.75) is 42.6 Å². The predicted molar refractivity (Wildman–Crippen MR) is 60.0 cm³/mol. The Morgan fingerprint density at radius 2 is 2.25 bits per heavy atom. The molecule has 0 heterocycles. The Morgan fingerprint density at radius 3 is 2.83 bits per heavy atom. The van der Waals surface area contributed by atoms with Crippen molar-refractivity contribution in [1.82, 2.24) is 0 Å². The minimum Gasteiger partial charge on any atom is -0.110 e. The van der Waals surface area contributed by atoms with Gasteiger partial charge in [-0.3, -0.25) is 0 Å². The quantitative estimate of drug-likeness (QED) is 0.390. The number of alkyl halides is 2. The van der Waals surface area contributed by atoms with Crippen LogP contribution >= 0.6 is 23.2 Å². The van der Waals surface area contributed by atoms with Gasteiger partial charge in [0.2, 0.25) is 0 Å². The number of allylic oxidation sites excluding steroid dienone is 2. The van der Waals surface area contributed by atoms with E-state index >= 15 is 0 Å². The van der Waals surface area contributed by atoms with Crippen LogP contribution in [0.3, 0.4) is 0 Å². The molecule has 0 nitrogen and oxygen atoms in total. The van der Waals surface area contributed by atoms with Crippen molar-refractivity contribution >= 4 is 32.7 Å². The minimum absolute atomic E-state index is 0.0332. The van der Waals surface area contributed by atoms with Gasteiger partial charge in [0.1, 0.15) is 0 Å². The fourth-order valence-electron chi connectivity index (χ4n) is 1.62. The summed E-state index contributed by atoms with van der Waals surface area (Å²) >= 11 is 11.4. The molecule has 0 aliphatic heterocycles. The molecule has 0 amide bonds. The van der Waals surface area contributed by atoms with Crippen molar-refractivity contribution in [2.24, 2.45) is 0 Å². The fourth-order valence-corrected chi connectivity index (χ4v) is 3.51. The Morgan fingerprint density at radius 1 is 1.42 bits per heavy atom. The number of hydrogen-bond acceptors (Lipinski definition) is 0.